The first kappa shape index (κ1) is 12.5. The number of nitrogens with zero attached hydrogens (tertiary/aromatic N) is 3. The van der Waals surface area contributed by atoms with Crippen LogP contribution in [0.1, 0.15) is 18.7 Å². The smallest absolute Gasteiger partial charge is 0.231 e. The number of pyridine rings is 1. The molecular weight excluding hydrogens is 264 g/mol. The van der Waals surface area contributed by atoms with E-state index in [4.69, 9.17) is 4.52 Å². The van der Waals surface area contributed by atoms with Crippen molar-refractivity contribution >= 4 is 10.9 Å². The van der Waals surface area contributed by atoms with E-state index in [1.807, 2.05) is 36.4 Å². The Morgan fingerprint density at radius 1 is 1.10 bits per heavy atom. The van der Waals surface area contributed by atoms with Crippen LogP contribution in [0.2, 0.25) is 0 Å². The summed E-state index contributed by atoms with van der Waals surface area (Å²) in [5.41, 5.74) is 1.69. The van der Waals surface area contributed by atoms with Crippen LogP contribution in [0.5, 0.6) is 0 Å². The first-order valence-corrected chi connectivity index (χ1v) is 7.22. The standard InChI is InChI=1S/C16H16N4O/c1-10-8-17-9-12(10)16-19-15(20-21-16)14-7-6-11-4-2-3-5-13(11)18-14/h2-7,10,12,17H,8-9H2,1H3. The molecule has 4 rings (SSSR count). The van der Waals surface area contributed by atoms with Gasteiger partial charge in [-0.25, -0.2) is 4.98 Å². The zero-order chi connectivity index (χ0) is 14.2. The minimum Gasteiger partial charge on any atom is -0.339 e. The monoisotopic (exact) mass is 280 g/mol. The van der Waals surface area contributed by atoms with Crippen molar-refractivity contribution in [3.05, 3.63) is 42.3 Å². The Kier molecular flexibility index (Phi) is 2.93. The second kappa shape index (κ2) is 4.93. The second-order valence-electron chi connectivity index (χ2n) is 5.59. The van der Waals surface area contributed by atoms with Gasteiger partial charge < -0.3 is 9.84 Å². The van der Waals surface area contributed by atoms with Crippen molar-refractivity contribution in [2.45, 2.75) is 12.8 Å². The van der Waals surface area contributed by atoms with E-state index in [9.17, 15) is 0 Å². The summed E-state index contributed by atoms with van der Waals surface area (Å²) < 4.78 is 5.44. The van der Waals surface area contributed by atoms with Gasteiger partial charge >= 0.3 is 0 Å². The maximum Gasteiger partial charge on any atom is 0.231 e. The lowest BCUT2D eigenvalue weighted by Crippen LogP contribution is -2.08. The highest BCUT2D eigenvalue weighted by atomic mass is 16.5. The third kappa shape index (κ3) is 2.19. The number of benzene rings is 1. The summed E-state index contributed by atoms with van der Waals surface area (Å²) >= 11 is 0. The molecule has 0 bridgehead atoms. The van der Waals surface area contributed by atoms with Gasteiger partial charge in [0.2, 0.25) is 11.7 Å². The molecule has 1 N–H and O–H groups in total. The first-order valence-electron chi connectivity index (χ1n) is 7.22. The van der Waals surface area contributed by atoms with Crippen LogP contribution in [-0.4, -0.2) is 28.2 Å². The van der Waals surface area contributed by atoms with Gasteiger partial charge in [-0.1, -0.05) is 36.3 Å². The number of hydrogen-bond acceptors (Lipinski definition) is 5. The van der Waals surface area contributed by atoms with Gasteiger partial charge in [0.25, 0.3) is 0 Å². The van der Waals surface area contributed by atoms with Crippen LogP contribution >= 0.6 is 0 Å². The fourth-order valence-corrected chi connectivity index (χ4v) is 2.82. The van der Waals surface area contributed by atoms with Crippen molar-refractivity contribution in [1.82, 2.24) is 20.4 Å². The molecule has 0 aliphatic carbocycles. The molecule has 2 aromatic heterocycles. The van der Waals surface area contributed by atoms with Crippen LogP contribution in [-0.2, 0) is 0 Å². The van der Waals surface area contributed by atoms with Crippen LogP contribution in [0.25, 0.3) is 22.4 Å². The molecule has 1 aromatic carbocycles. The molecule has 3 heterocycles. The molecule has 3 aromatic rings. The van der Waals surface area contributed by atoms with Gasteiger partial charge in [-0.2, -0.15) is 4.98 Å². The highest BCUT2D eigenvalue weighted by molar-refractivity contribution is 5.80. The van der Waals surface area contributed by atoms with E-state index in [-0.39, 0.29) is 0 Å². The zero-order valence-corrected chi connectivity index (χ0v) is 11.8. The van der Waals surface area contributed by atoms with E-state index in [1.54, 1.807) is 0 Å². The normalized spacial score (nSPS) is 22.0. The van der Waals surface area contributed by atoms with Gasteiger partial charge in [-0.15, -0.1) is 0 Å². The molecule has 2 atom stereocenters. The maximum atomic E-state index is 5.44. The van der Waals surface area contributed by atoms with Gasteiger partial charge in [0.1, 0.15) is 5.69 Å². The largest absolute Gasteiger partial charge is 0.339 e. The Morgan fingerprint density at radius 3 is 2.86 bits per heavy atom. The molecule has 1 aliphatic rings. The topological polar surface area (TPSA) is 63.8 Å². The molecule has 2 unspecified atom stereocenters. The summed E-state index contributed by atoms with van der Waals surface area (Å²) in [5, 5.41) is 8.56. The molecule has 1 fully saturated rings. The predicted molar refractivity (Wildman–Crippen MR) is 79.8 cm³/mol. The Hall–Kier alpha value is -2.27. The Labute approximate surface area is 122 Å². The molecule has 1 saturated heterocycles. The number of rotatable bonds is 2. The van der Waals surface area contributed by atoms with Crippen molar-refractivity contribution in [2.75, 3.05) is 13.1 Å². The van der Waals surface area contributed by atoms with Gasteiger partial charge in [0, 0.05) is 11.9 Å². The molecule has 5 nitrogen and oxygen atoms in total. The summed E-state index contributed by atoms with van der Waals surface area (Å²) in [6, 6.07) is 12.0. The van der Waals surface area contributed by atoms with Crippen LogP contribution in [0.15, 0.2) is 40.9 Å². The average Bonchev–Trinajstić information content (AvgIpc) is 3.15. The summed E-state index contributed by atoms with van der Waals surface area (Å²) in [4.78, 5) is 9.14. The fraction of sp³-hybridized carbons (Fsp3) is 0.312. The Balaban J connectivity index is 1.70. The third-order valence-corrected chi connectivity index (χ3v) is 4.10. The molecule has 0 radical (unpaired) electrons. The van der Waals surface area contributed by atoms with E-state index in [1.165, 1.54) is 0 Å². The van der Waals surface area contributed by atoms with Crippen molar-refractivity contribution in [2.24, 2.45) is 5.92 Å². The SMILES string of the molecule is CC1CNCC1c1nc(-c2ccc3ccccc3n2)no1. The summed E-state index contributed by atoms with van der Waals surface area (Å²) in [6.07, 6.45) is 0. The minimum atomic E-state index is 0.298. The molecule has 21 heavy (non-hydrogen) atoms. The molecule has 0 amide bonds. The molecule has 5 heteroatoms. The number of aromatic nitrogens is 3. The van der Waals surface area contributed by atoms with E-state index in [0.717, 1.165) is 29.7 Å². The van der Waals surface area contributed by atoms with Crippen LogP contribution < -0.4 is 5.32 Å². The average molecular weight is 280 g/mol. The summed E-state index contributed by atoms with van der Waals surface area (Å²) in [6.45, 7) is 4.09. The van der Waals surface area contributed by atoms with Gasteiger partial charge in [0.05, 0.1) is 11.4 Å². The fourth-order valence-electron chi connectivity index (χ4n) is 2.82. The van der Waals surface area contributed by atoms with Gasteiger partial charge in [0.15, 0.2) is 0 Å². The third-order valence-electron chi connectivity index (χ3n) is 4.10. The Morgan fingerprint density at radius 2 is 2.00 bits per heavy atom. The molecule has 0 saturated carbocycles. The van der Waals surface area contributed by atoms with E-state index in [2.05, 4.69) is 27.4 Å². The van der Waals surface area contributed by atoms with E-state index in [0.29, 0.717) is 23.6 Å². The number of fused-ring (bicyclic) bond motifs is 1. The lowest BCUT2D eigenvalue weighted by molar-refractivity contribution is 0.340. The van der Waals surface area contributed by atoms with E-state index >= 15 is 0 Å². The summed E-state index contributed by atoms with van der Waals surface area (Å²) in [7, 11) is 0. The van der Waals surface area contributed by atoms with Crippen molar-refractivity contribution in [3.8, 4) is 11.5 Å². The number of hydrogen-bond donors (Lipinski definition) is 1. The highest BCUT2D eigenvalue weighted by Gasteiger charge is 2.29. The second-order valence-corrected chi connectivity index (χ2v) is 5.59. The Bertz CT molecular complexity index is 783. The maximum absolute atomic E-state index is 5.44. The number of para-hydroxylation sites is 1. The van der Waals surface area contributed by atoms with Crippen molar-refractivity contribution in [1.29, 1.82) is 0 Å². The zero-order valence-electron chi connectivity index (χ0n) is 11.8. The lowest BCUT2D eigenvalue weighted by Gasteiger charge is -2.07. The highest BCUT2D eigenvalue weighted by Crippen LogP contribution is 2.28. The summed E-state index contributed by atoms with van der Waals surface area (Å²) in [5.74, 6) is 2.09. The quantitative estimate of drug-likeness (QED) is 0.781. The molecule has 0 spiro atoms. The molecular formula is C16H16N4O. The predicted octanol–water partition coefficient (Wildman–Crippen LogP) is 2.61. The minimum absolute atomic E-state index is 0.298. The van der Waals surface area contributed by atoms with Crippen LogP contribution in [0, 0.1) is 5.92 Å². The van der Waals surface area contributed by atoms with E-state index < -0.39 is 0 Å². The number of nitrogens with one attached hydrogen (secondary N) is 1. The van der Waals surface area contributed by atoms with Gasteiger partial charge in [-0.05, 0) is 24.6 Å². The van der Waals surface area contributed by atoms with Gasteiger partial charge in [-0.3, -0.25) is 0 Å². The molecule has 106 valence electrons. The van der Waals surface area contributed by atoms with Crippen LogP contribution in [0.4, 0.5) is 0 Å². The lowest BCUT2D eigenvalue weighted by atomic mass is 9.98. The van der Waals surface area contributed by atoms with Crippen molar-refractivity contribution in [3.63, 3.8) is 0 Å². The van der Waals surface area contributed by atoms with Crippen molar-refractivity contribution < 1.29 is 4.52 Å². The van der Waals surface area contributed by atoms with Crippen LogP contribution in [0.3, 0.4) is 0 Å². The molecule has 1 aliphatic heterocycles. The first-order chi connectivity index (χ1) is 10.3.